The van der Waals surface area contributed by atoms with Crippen molar-refractivity contribution in [2.24, 2.45) is 5.92 Å². The molecule has 2 fully saturated rings. The van der Waals surface area contributed by atoms with E-state index in [9.17, 15) is 13.2 Å². The molecule has 1 aliphatic carbocycles. The van der Waals surface area contributed by atoms with Gasteiger partial charge in [0.25, 0.3) is 0 Å². The molecule has 5 heteroatoms. The highest BCUT2D eigenvalue weighted by atomic mass is 19.4. The van der Waals surface area contributed by atoms with Crippen LogP contribution in [0.3, 0.4) is 0 Å². The molecule has 0 spiro atoms. The molecule has 2 nitrogen and oxygen atoms in total. The third-order valence-corrected chi connectivity index (χ3v) is 4.48. The molecular formula is C14H25F3N2. The Balaban J connectivity index is 1.66. The monoisotopic (exact) mass is 278 g/mol. The van der Waals surface area contributed by atoms with Crippen molar-refractivity contribution in [2.75, 3.05) is 19.6 Å². The van der Waals surface area contributed by atoms with Crippen LogP contribution >= 0.6 is 0 Å². The summed E-state index contributed by atoms with van der Waals surface area (Å²) in [7, 11) is 0. The van der Waals surface area contributed by atoms with E-state index in [1.165, 1.54) is 30.6 Å². The van der Waals surface area contributed by atoms with Gasteiger partial charge in [-0.3, -0.25) is 4.90 Å². The Morgan fingerprint density at radius 2 is 1.47 bits per heavy atom. The molecule has 0 amide bonds. The Bertz CT molecular complexity index is 264. The van der Waals surface area contributed by atoms with Gasteiger partial charge in [0.2, 0.25) is 0 Å². The van der Waals surface area contributed by atoms with Gasteiger partial charge in [-0.1, -0.05) is 6.92 Å². The minimum absolute atomic E-state index is 0.419. The lowest BCUT2D eigenvalue weighted by atomic mass is 9.86. The summed E-state index contributed by atoms with van der Waals surface area (Å²) < 4.78 is 36.9. The van der Waals surface area contributed by atoms with Gasteiger partial charge in [0, 0.05) is 12.1 Å². The Morgan fingerprint density at radius 3 is 2.00 bits per heavy atom. The molecule has 1 heterocycles. The molecule has 0 aromatic rings. The second kappa shape index (κ2) is 6.44. The molecule has 0 bridgehead atoms. The topological polar surface area (TPSA) is 15.3 Å². The molecular weight excluding hydrogens is 253 g/mol. The van der Waals surface area contributed by atoms with Gasteiger partial charge in [-0.2, -0.15) is 13.2 Å². The number of piperidine rings is 1. The summed E-state index contributed by atoms with van der Waals surface area (Å²) in [5.74, 6) is 0.840. The van der Waals surface area contributed by atoms with Crippen LogP contribution in [0.5, 0.6) is 0 Å². The summed E-state index contributed by atoms with van der Waals surface area (Å²) >= 11 is 0. The van der Waals surface area contributed by atoms with Crippen molar-refractivity contribution in [2.45, 2.75) is 63.7 Å². The van der Waals surface area contributed by atoms with Crippen molar-refractivity contribution in [1.82, 2.24) is 10.2 Å². The molecule has 0 unspecified atom stereocenters. The zero-order chi connectivity index (χ0) is 13.9. The summed E-state index contributed by atoms with van der Waals surface area (Å²) in [5.41, 5.74) is 0. The average Bonchev–Trinajstić information content (AvgIpc) is 2.33. The van der Waals surface area contributed by atoms with Gasteiger partial charge in [-0.25, -0.2) is 0 Å². The van der Waals surface area contributed by atoms with E-state index in [4.69, 9.17) is 0 Å². The van der Waals surface area contributed by atoms with Crippen LogP contribution in [0.25, 0.3) is 0 Å². The van der Waals surface area contributed by atoms with Crippen LogP contribution in [0.4, 0.5) is 13.2 Å². The van der Waals surface area contributed by atoms with E-state index < -0.39 is 12.7 Å². The normalized spacial score (nSPS) is 31.6. The van der Waals surface area contributed by atoms with Crippen LogP contribution in [0.15, 0.2) is 0 Å². The van der Waals surface area contributed by atoms with E-state index >= 15 is 0 Å². The van der Waals surface area contributed by atoms with Crippen LogP contribution in [0.1, 0.15) is 45.4 Å². The summed E-state index contributed by atoms with van der Waals surface area (Å²) in [5, 5.41) is 3.65. The van der Waals surface area contributed by atoms with Crippen LogP contribution in [0, 0.1) is 5.92 Å². The third-order valence-electron chi connectivity index (χ3n) is 4.48. The maximum atomic E-state index is 12.3. The van der Waals surface area contributed by atoms with Crippen LogP contribution < -0.4 is 5.32 Å². The largest absolute Gasteiger partial charge is 0.401 e. The number of hydrogen-bond acceptors (Lipinski definition) is 2. The molecule has 0 atom stereocenters. The fourth-order valence-electron chi connectivity index (χ4n) is 3.27. The molecule has 2 aliphatic rings. The number of nitrogens with one attached hydrogen (secondary N) is 1. The Labute approximate surface area is 113 Å². The van der Waals surface area contributed by atoms with Crippen molar-refractivity contribution in [3.05, 3.63) is 0 Å². The fourth-order valence-corrected chi connectivity index (χ4v) is 3.27. The molecule has 0 radical (unpaired) electrons. The van der Waals surface area contributed by atoms with Gasteiger partial charge >= 0.3 is 6.18 Å². The first-order valence-electron chi connectivity index (χ1n) is 7.47. The molecule has 2 rings (SSSR count). The number of likely N-dealkylation sites (tertiary alicyclic amines) is 1. The summed E-state index contributed by atoms with van der Waals surface area (Å²) in [4.78, 5) is 1.53. The Hall–Kier alpha value is -0.290. The number of rotatable bonds is 3. The number of halogens is 3. The third kappa shape index (κ3) is 5.30. The van der Waals surface area contributed by atoms with Crippen molar-refractivity contribution in [3.63, 3.8) is 0 Å². The summed E-state index contributed by atoms with van der Waals surface area (Å²) in [6.07, 6.45) is 2.66. The summed E-state index contributed by atoms with van der Waals surface area (Å²) in [6.45, 7) is 2.69. The van der Waals surface area contributed by atoms with Crippen molar-refractivity contribution in [3.8, 4) is 0 Å². The van der Waals surface area contributed by atoms with Crippen molar-refractivity contribution in [1.29, 1.82) is 0 Å². The highest BCUT2D eigenvalue weighted by Gasteiger charge is 2.33. The number of hydrogen-bond donors (Lipinski definition) is 1. The molecule has 1 saturated heterocycles. The van der Waals surface area contributed by atoms with Gasteiger partial charge in [-0.15, -0.1) is 0 Å². The van der Waals surface area contributed by atoms with E-state index in [-0.39, 0.29) is 0 Å². The molecule has 1 N–H and O–H groups in total. The predicted molar refractivity (Wildman–Crippen MR) is 70.1 cm³/mol. The van der Waals surface area contributed by atoms with E-state index in [0.29, 0.717) is 25.2 Å². The standard InChI is InChI=1S/C14H25F3N2/c1-11-2-4-12(5-3-11)18-13-6-8-19(9-7-13)10-14(15,16)17/h11-13,18H,2-10H2,1H3. The maximum absolute atomic E-state index is 12.3. The Morgan fingerprint density at radius 1 is 0.947 bits per heavy atom. The first-order valence-corrected chi connectivity index (χ1v) is 7.47. The fraction of sp³-hybridized carbons (Fsp3) is 1.00. The minimum atomic E-state index is -4.06. The van der Waals surface area contributed by atoms with Crippen LogP contribution in [-0.4, -0.2) is 42.8 Å². The van der Waals surface area contributed by atoms with Gasteiger partial charge in [0.1, 0.15) is 0 Å². The van der Waals surface area contributed by atoms with Crippen molar-refractivity contribution < 1.29 is 13.2 Å². The zero-order valence-electron chi connectivity index (χ0n) is 11.7. The molecule has 1 saturated carbocycles. The van der Waals surface area contributed by atoms with E-state index in [1.54, 1.807) is 0 Å². The van der Waals surface area contributed by atoms with Gasteiger partial charge in [-0.05, 0) is 57.5 Å². The summed E-state index contributed by atoms with van der Waals surface area (Å²) in [6, 6.07) is 1.01. The highest BCUT2D eigenvalue weighted by molar-refractivity contribution is 4.83. The molecule has 1 aliphatic heterocycles. The smallest absolute Gasteiger partial charge is 0.311 e. The minimum Gasteiger partial charge on any atom is -0.311 e. The lowest BCUT2D eigenvalue weighted by Crippen LogP contribution is -2.48. The van der Waals surface area contributed by atoms with E-state index in [1.807, 2.05) is 0 Å². The molecule has 112 valence electrons. The molecule has 19 heavy (non-hydrogen) atoms. The van der Waals surface area contributed by atoms with Gasteiger partial charge in [0.05, 0.1) is 6.54 Å². The number of nitrogens with zero attached hydrogens (tertiary/aromatic N) is 1. The predicted octanol–water partition coefficient (Wildman–Crippen LogP) is 3.18. The molecule has 0 aromatic carbocycles. The van der Waals surface area contributed by atoms with Gasteiger partial charge in [0.15, 0.2) is 0 Å². The molecule has 0 aromatic heterocycles. The van der Waals surface area contributed by atoms with Crippen LogP contribution in [-0.2, 0) is 0 Å². The highest BCUT2D eigenvalue weighted by Crippen LogP contribution is 2.25. The van der Waals surface area contributed by atoms with Crippen molar-refractivity contribution >= 4 is 0 Å². The second-order valence-corrected chi connectivity index (χ2v) is 6.29. The number of alkyl halides is 3. The van der Waals surface area contributed by atoms with E-state index in [2.05, 4.69) is 12.2 Å². The first-order chi connectivity index (χ1) is 8.92. The maximum Gasteiger partial charge on any atom is 0.401 e. The van der Waals surface area contributed by atoms with Gasteiger partial charge < -0.3 is 5.32 Å². The second-order valence-electron chi connectivity index (χ2n) is 6.29. The SMILES string of the molecule is CC1CCC(NC2CCN(CC(F)(F)F)CC2)CC1. The first kappa shape index (κ1) is 15.1. The lowest BCUT2D eigenvalue weighted by Gasteiger charge is -2.36. The average molecular weight is 278 g/mol. The van der Waals surface area contributed by atoms with Crippen LogP contribution in [0.2, 0.25) is 0 Å². The zero-order valence-corrected chi connectivity index (χ0v) is 11.7. The van der Waals surface area contributed by atoms with E-state index in [0.717, 1.165) is 18.8 Å². The Kier molecular flexibility index (Phi) is 5.12. The quantitative estimate of drug-likeness (QED) is 0.853. The lowest BCUT2D eigenvalue weighted by molar-refractivity contribution is -0.148.